The van der Waals surface area contributed by atoms with Crippen LogP contribution in [0.1, 0.15) is 10.4 Å². The molecule has 0 amide bonds. The third kappa shape index (κ3) is 2.61. The number of hydrogen-bond acceptors (Lipinski definition) is 2. The first-order chi connectivity index (χ1) is 8.92. The van der Waals surface area contributed by atoms with Crippen molar-refractivity contribution in [1.29, 1.82) is 0 Å². The molecule has 0 spiro atoms. The van der Waals surface area contributed by atoms with Crippen molar-refractivity contribution in [2.45, 2.75) is 13.1 Å². The highest BCUT2D eigenvalue weighted by Crippen LogP contribution is 2.15. The van der Waals surface area contributed by atoms with Gasteiger partial charge in [0.25, 0.3) is 0 Å². The maximum atomic E-state index is 3.48. The average molecular weight is 253 g/mol. The number of thiophene rings is 1. The molecule has 1 nitrogen and oxygen atoms in total. The van der Waals surface area contributed by atoms with Crippen LogP contribution in [0.25, 0.3) is 10.8 Å². The van der Waals surface area contributed by atoms with Gasteiger partial charge in [0.1, 0.15) is 0 Å². The maximum absolute atomic E-state index is 3.48. The summed E-state index contributed by atoms with van der Waals surface area (Å²) < 4.78 is 0. The van der Waals surface area contributed by atoms with E-state index in [1.165, 1.54) is 21.2 Å². The minimum absolute atomic E-state index is 0.919. The van der Waals surface area contributed by atoms with Gasteiger partial charge in [0, 0.05) is 18.0 Å². The van der Waals surface area contributed by atoms with Crippen LogP contribution in [0.4, 0.5) is 0 Å². The molecule has 90 valence electrons. The minimum atomic E-state index is 0.919. The van der Waals surface area contributed by atoms with Gasteiger partial charge in [0.05, 0.1) is 0 Å². The Kier molecular flexibility index (Phi) is 3.40. The zero-order valence-corrected chi connectivity index (χ0v) is 10.9. The van der Waals surface area contributed by atoms with E-state index in [0.717, 1.165) is 13.1 Å². The SMILES string of the molecule is c1csc(CNCc2ccc3ccccc3c2)c1. The summed E-state index contributed by atoms with van der Waals surface area (Å²) >= 11 is 1.80. The van der Waals surface area contributed by atoms with Gasteiger partial charge < -0.3 is 5.32 Å². The third-order valence-corrected chi connectivity index (χ3v) is 3.90. The summed E-state index contributed by atoms with van der Waals surface area (Å²) in [7, 11) is 0. The molecule has 0 aliphatic carbocycles. The van der Waals surface area contributed by atoms with E-state index in [1.54, 1.807) is 11.3 Å². The third-order valence-electron chi connectivity index (χ3n) is 3.02. The van der Waals surface area contributed by atoms with E-state index in [9.17, 15) is 0 Å². The number of fused-ring (bicyclic) bond motifs is 1. The molecule has 0 bridgehead atoms. The van der Waals surface area contributed by atoms with Crippen LogP contribution in [-0.4, -0.2) is 0 Å². The Balaban J connectivity index is 1.67. The number of rotatable bonds is 4. The average Bonchev–Trinajstić information content (AvgIpc) is 2.92. The quantitative estimate of drug-likeness (QED) is 0.735. The van der Waals surface area contributed by atoms with Crippen LogP contribution >= 0.6 is 11.3 Å². The first kappa shape index (κ1) is 11.5. The zero-order chi connectivity index (χ0) is 12.2. The Morgan fingerprint density at radius 2 is 1.72 bits per heavy atom. The van der Waals surface area contributed by atoms with Gasteiger partial charge in [0.15, 0.2) is 0 Å². The second-order valence-electron chi connectivity index (χ2n) is 4.36. The molecule has 3 aromatic rings. The van der Waals surface area contributed by atoms with Crippen molar-refractivity contribution >= 4 is 22.1 Å². The Morgan fingerprint density at radius 1 is 0.833 bits per heavy atom. The summed E-state index contributed by atoms with van der Waals surface area (Å²) in [6.07, 6.45) is 0. The molecule has 0 fully saturated rings. The summed E-state index contributed by atoms with van der Waals surface area (Å²) in [5.74, 6) is 0. The summed E-state index contributed by atoms with van der Waals surface area (Å²) in [6.45, 7) is 1.87. The summed E-state index contributed by atoms with van der Waals surface area (Å²) in [4.78, 5) is 1.38. The molecule has 1 N–H and O–H groups in total. The first-order valence-corrected chi connectivity index (χ1v) is 7.00. The van der Waals surface area contributed by atoms with Gasteiger partial charge in [-0.1, -0.05) is 42.5 Å². The van der Waals surface area contributed by atoms with Crippen LogP contribution in [0.5, 0.6) is 0 Å². The van der Waals surface area contributed by atoms with Crippen molar-refractivity contribution in [2.75, 3.05) is 0 Å². The molecular weight excluding hydrogens is 238 g/mol. The van der Waals surface area contributed by atoms with Crippen LogP contribution in [0, 0.1) is 0 Å². The van der Waals surface area contributed by atoms with Gasteiger partial charge >= 0.3 is 0 Å². The molecule has 1 aromatic heterocycles. The Hall–Kier alpha value is -1.64. The first-order valence-electron chi connectivity index (χ1n) is 6.12. The number of hydrogen-bond donors (Lipinski definition) is 1. The second kappa shape index (κ2) is 5.34. The topological polar surface area (TPSA) is 12.0 Å². The smallest absolute Gasteiger partial charge is 0.0302 e. The maximum Gasteiger partial charge on any atom is 0.0302 e. The molecule has 2 aromatic carbocycles. The largest absolute Gasteiger partial charge is 0.308 e. The lowest BCUT2D eigenvalue weighted by atomic mass is 10.1. The predicted molar refractivity (Wildman–Crippen MR) is 78.8 cm³/mol. The zero-order valence-electron chi connectivity index (χ0n) is 10.1. The predicted octanol–water partition coefficient (Wildman–Crippen LogP) is 4.19. The lowest BCUT2D eigenvalue weighted by molar-refractivity contribution is 0.701. The normalized spacial score (nSPS) is 10.9. The molecule has 0 radical (unpaired) electrons. The molecule has 1 heterocycles. The molecule has 2 heteroatoms. The molecule has 0 saturated carbocycles. The van der Waals surface area contributed by atoms with Crippen LogP contribution in [0.2, 0.25) is 0 Å². The fourth-order valence-corrected chi connectivity index (χ4v) is 2.77. The van der Waals surface area contributed by atoms with E-state index >= 15 is 0 Å². The fourth-order valence-electron chi connectivity index (χ4n) is 2.09. The Morgan fingerprint density at radius 3 is 2.56 bits per heavy atom. The van der Waals surface area contributed by atoms with Crippen molar-refractivity contribution in [2.24, 2.45) is 0 Å². The van der Waals surface area contributed by atoms with Gasteiger partial charge in [-0.2, -0.15) is 0 Å². The van der Waals surface area contributed by atoms with Gasteiger partial charge in [-0.15, -0.1) is 11.3 Å². The van der Waals surface area contributed by atoms with Gasteiger partial charge in [0.2, 0.25) is 0 Å². The standard InChI is InChI=1S/C16H15NS/c1-2-5-15-10-13(7-8-14(15)4-1)11-17-12-16-6-3-9-18-16/h1-10,17H,11-12H2. The molecule has 3 rings (SSSR count). The summed E-state index contributed by atoms with van der Waals surface area (Å²) in [5.41, 5.74) is 1.34. The van der Waals surface area contributed by atoms with E-state index in [0.29, 0.717) is 0 Å². The molecule has 0 saturated heterocycles. The van der Waals surface area contributed by atoms with E-state index in [1.807, 2.05) is 0 Å². The minimum Gasteiger partial charge on any atom is -0.308 e. The van der Waals surface area contributed by atoms with E-state index in [2.05, 4.69) is 65.3 Å². The summed E-state index contributed by atoms with van der Waals surface area (Å²) in [6, 6.07) is 19.4. The molecular formula is C16H15NS. The Labute approximate surface area is 111 Å². The highest BCUT2D eigenvalue weighted by atomic mass is 32.1. The lowest BCUT2D eigenvalue weighted by Gasteiger charge is -2.05. The van der Waals surface area contributed by atoms with Crippen LogP contribution in [0.3, 0.4) is 0 Å². The lowest BCUT2D eigenvalue weighted by Crippen LogP contribution is -2.11. The highest BCUT2D eigenvalue weighted by Gasteiger charge is 1.97. The highest BCUT2D eigenvalue weighted by molar-refractivity contribution is 7.09. The van der Waals surface area contributed by atoms with Crippen LogP contribution in [-0.2, 0) is 13.1 Å². The molecule has 0 atom stereocenters. The summed E-state index contributed by atoms with van der Waals surface area (Å²) in [5, 5.41) is 8.22. The van der Waals surface area contributed by atoms with Crippen LogP contribution < -0.4 is 5.32 Å². The van der Waals surface area contributed by atoms with E-state index < -0.39 is 0 Å². The van der Waals surface area contributed by atoms with Crippen molar-refractivity contribution in [1.82, 2.24) is 5.32 Å². The Bertz CT molecular complexity index is 628. The van der Waals surface area contributed by atoms with Crippen molar-refractivity contribution in [3.8, 4) is 0 Å². The number of benzene rings is 2. The number of nitrogens with one attached hydrogen (secondary N) is 1. The molecule has 0 aliphatic heterocycles. The molecule has 0 aliphatic rings. The molecule has 18 heavy (non-hydrogen) atoms. The second-order valence-corrected chi connectivity index (χ2v) is 5.40. The monoisotopic (exact) mass is 253 g/mol. The van der Waals surface area contributed by atoms with E-state index in [-0.39, 0.29) is 0 Å². The van der Waals surface area contributed by atoms with E-state index in [4.69, 9.17) is 0 Å². The van der Waals surface area contributed by atoms with Gasteiger partial charge in [-0.3, -0.25) is 0 Å². The van der Waals surface area contributed by atoms with Crippen molar-refractivity contribution in [3.05, 3.63) is 70.4 Å². The van der Waals surface area contributed by atoms with Gasteiger partial charge in [-0.05, 0) is 33.8 Å². The van der Waals surface area contributed by atoms with Crippen molar-refractivity contribution < 1.29 is 0 Å². The molecule has 0 unspecified atom stereocenters. The fraction of sp³-hybridized carbons (Fsp3) is 0.125. The van der Waals surface area contributed by atoms with Gasteiger partial charge in [-0.25, -0.2) is 0 Å². The van der Waals surface area contributed by atoms with Crippen LogP contribution in [0.15, 0.2) is 60.0 Å². The van der Waals surface area contributed by atoms with Crippen molar-refractivity contribution in [3.63, 3.8) is 0 Å².